The molecular weight excluding hydrogens is 450 g/mol. The summed E-state index contributed by atoms with van der Waals surface area (Å²) >= 11 is 0. The molecule has 0 radical (unpaired) electrons. The minimum absolute atomic E-state index is 0.683. The number of aromatic nitrogens is 3. The zero-order chi connectivity index (χ0) is 24.3. The Bertz CT molecular complexity index is 2140. The van der Waals surface area contributed by atoms with Crippen molar-refractivity contribution in [2.45, 2.75) is 0 Å². The van der Waals surface area contributed by atoms with Crippen molar-refractivity contribution in [1.82, 2.24) is 14.5 Å². The number of hydrogen-bond acceptors (Lipinski definition) is 2. The van der Waals surface area contributed by atoms with Gasteiger partial charge in [-0.1, -0.05) is 103 Å². The van der Waals surface area contributed by atoms with Gasteiger partial charge in [-0.05, 0) is 45.8 Å². The molecule has 3 nitrogen and oxygen atoms in total. The van der Waals surface area contributed by atoms with Gasteiger partial charge in [-0.3, -0.25) is 4.57 Å². The van der Waals surface area contributed by atoms with Gasteiger partial charge >= 0.3 is 0 Å². The quantitative estimate of drug-likeness (QED) is 0.236. The largest absolute Gasteiger partial charge is 0.278 e. The highest BCUT2D eigenvalue weighted by atomic mass is 15.2. The van der Waals surface area contributed by atoms with Crippen LogP contribution in [0.3, 0.4) is 0 Å². The van der Waals surface area contributed by atoms with Crippen molar-refractivity contribution in [3.8, 4) is 17.2 Å². The Morgan fingerprint density at radius 3 is 1.97 bits per heavy atom. The highest BCUT2D eigenvalue weighted by Gasteiger charge is 2.18. The smallest absolute Gasteiger partial charge is 0.235 e. The van der Waals surface area contributed by atoms with Gasteiger partial charge in [0, 0.05) is 21.7 Å². The van der Waals surface area contributed by atoms with E-state index in [9.17, 15) is 0 Å². The maximum absolute atomic E-state index is 5.25. The molecule has 0 saturated heterocycles. The average molecular weight is 472 g/mol. The lowest BCUT2D eigenvalue weighted by molar-refractivity contribution is 1.01. The van der Waals surface area contributed by atoms with Crippen molar-refractivity contribution in [2.24, 2.45) is 0 Å². The van der Waals surface area contributed by atoms with E-state index in [1.165, 1.54) is 32.3 Å². The van der Waals surface area contributed by atoms with E-state index in [1.54, 1.807) is 0 Å². The van der Waals surface area contributed by atoms with Crippen molar-refractivity contribution in [1.29, 1.82) is 0 Å². The summed E-state index contributed by atoms with van der Waals surface area (Å²) in [5.41, 5.74) is 5.18. The summed E-state index contributed by atoms with van der Waals surface area (Å²) in [6.07, 6.45) is 0. The molecule has 2 heterocycles. The molecule has 0 fully saturated rings. The van der Waals surface area contributed by atoms with Gasteiger partial charge in [-0.25, -0.2) is 9.97 Å². The summed E-state index contributed by atoms with van der Waals surface area (Å²) in [5.74, 6) is 0.683. The number of benzene rings is 6. The van der Waals surface area contributed by atoms with Gasteiger partial charge in [0.25, 0.3) is 0 Å². The first-order valence-electron chi connectivity index (χ1n) is 12.5. The number of para-hydroxylation sites is 1. The predicted octanol–water partition coefficient (Wildman–Crippen LogP) is 8.70. The van der Waals surface area contributed by atoms with Gasteiger partial charge in [-0.15, -0.1) is 0 Å². The van der Waals surface area contributed by atoms with Crippen LogP contribution in [0.25, 0.3) is 71.5 Å². The van der Waals surface area contributed by atoms with Crippen LogP contribution in [0.1, 0.15) is 0 Å². The lowest BCUT2D eigenvalue weighted by atomic mass is 10.0. The fraction of sp³-hybridized carbons (Fsp3) is 0. The molecule has 37 heavy (non-hydrogen) atoms. The molecule has 0 bridgehead atoms. The average Bonchev–Trinajstić information content (AvgIpc) is 3.31. The van der Waals surface area contributed by atoms with Crippen molar-refractivity contribution in [2.75, 3.05) is 0 Å². The first-order chi connectivity index (χ1) is 18.3. The Hall–Kier alpha value is -5.02. The third-order valence-corrected chi connectivity index (χ3v) is 7.36. The van der Waals surface area contributed by atoms with E-state index in [-0.39, 0.29) is 0 Å². The molecular formula is C34H21N3. The van der Waals surface area contributed by atoms with Crippen LogP contribution in [0.5, 0.6) is 0 Å². The second-order valence-electron chi connectivity index (χ2n) is 9.49. The zero-order valence-electron chi connectivity index (χ0n) is 20.0. The van der Waals surface area contributed by atoms with E-state index >= 15 is 0 Å². The second-order valence-corrected chi connectivity index (χ2v) is 9.49. The molecule has 8 rings (SSSR count). The molecule has 8 aromatic rings. The molecule has 0 atom stereocenters. The van der Waals surface area contributed by atoms with Crippen LogP contribution in [0.2, 0.25) is 0 Å². The molecule has 0 aliphatic rings. The maximum Gasteiger partial charge on any atom is 0.235 e. The second kappa shape index (κ2) is 7.74. The van der Waals surface area contributed by atoms with E-state index < -0.39 is 0 Å². The van der Waals surface area contributed by atoms with E-state index in [4.69, 9.17) is 9.97 Å². The fourth-order valence-corrected chi connectivity index (χ4v) is 5.67. The topological polar surface area (TPSA) is 30.7 Å². The molecule has 0 unspecified atom stereocenters. The van der Waals surface area contributed by atoms with Gasteiger partial charge in [0.2, 0.25) is 5.95 Å². The maximum atomic E-state index is 5.25. The van der Waals surface area contributed by atoms with Crippen molar-refractivity contribution in [3.63, 3.8) is 0 Å². The first-order valence-corrected chi connectivity index (χ1v) is 12.5. The molecule has 0 amide bonds. The fourth-order valence-electron chi connectivity index (χ4n) is 5.67. The number of rotatable bonds is 2. The molecule has 172 valence electrons. The van der Waals surface area contributed by atoms with E-state index in [1.807, 2.05) is 6.07 Å². The van der Waals surface area contributed by atoms with Crippen LogP contribution in [-0.4, -0.2) is 14.5 Å². The summed E-state index contributed by atoms with van der Waals surface area (Å²) in [6.45, 7) is 0. The zero-order valence-corrected chi connectivity index (χ0v) is 20.0. The Morgan fingerprint density at radius 1 is 0.459 bits per heavy atom. The number of hydrogen-bond donors (Lipinski definition) is 0. The molecule has 0 aliphatic heterocycles. The molecule has 3 heteroatoms. The van der Waals surface area contributed by atoms with Gasteiger partial charge in [0.15, 0.2) is 0 Å². The Labute approximate surface area is 213 Å². The highest BCUT2D eigenvalue weighted by molar-refractivity contribution is 6.21. The van der Waals surface area contributed by atoms with Crippen LogP contribution < -0.4 is 0 Å². The van der Waals surface area contributed by atoms with Crippen LogP contribution >= 0.6 is 0 Å². The normalized spacial score (nSPS) is 11.8. The molecule has 0 spiro atoms. The monoisotopic (exact) mass is 471 g/mol. The minimum atomic E-state index is 0.683. The SMILES string of the molecule is c1ccc(-c2nc(-n3c4ccccc4c4c5ccccc5ccc43)nc3cc4ccccc4cc23)cc1. The van der Waals surface area contributed by atoms with Gasteiger partial charge in [-0.2, -0.15) is 0 Å². The lowest BCUT2D eigenvalue weighted by Gasteiger charge is -2.13. The Kier molecular flexibility index (Phi) is 4.23. The summed E-state index contributed by atoms with van der Waals surface area (Å²) in [6, 6.07) is 44.8. The van der Waals surface area contributed by atoms with Gasteiger partial charge < -0.3 is 0 Å². The van der Waals surface area contributed by atoms with E-state index in [0.717, 1.165) is 33.2 Å². The Balaban J connectivity index is 1.54. The lowest BCUT2D eigenvalue weighted by Crippen LogP contribution is -2.03. The standard InChI is InChI=1S/C34H21N3/c1-2-11-23(12-3-1)33-28-20-24-13-4-5-14-25(24)21-29(28)35-34(36-33)37-30-17-9-8-16-27(30)32-26-15-7-6-10-22(26)18-19-31(32)37/h1-21H. The van der Waals surface area contributed by atoms with Gasteiger partial charge in [0.1, 0.15) is 0 Å². The first kappa shape index (κ1) is 20.2. The summed E-state index contributed by atoms with van der Waals surface area (Å²) < 4.78 is 2.22. The molecule has 0 aliphatic carbocycles. The van der Waals surface area contributed by atoms with Crippen LogP contribution in [0.4, 0.5) is 0 Å². The summed E-state index contributed by atoms with van der Waals surface area (Å²) in [7, 11) is 0. The summed E-state index contributed by atoms with van der Waals surface area (Å²) in [5, 5.41) is 8.33. The van der Waals surface area contributed by atoms with E-state index in [2.05, 4.69) is 126 Å². The van der Waals surface area contributed by atoms with Crippen molar-refractivity contribution in [3.05, 3.63) is 127 Å². The van der Waals surface area contributed by atoms with Crippen LogP contribution in [0, 0.1) is 0 Å². The molecule has 2 aromatic heterocycles. The van der Waals surface area contributed by atoms with Crippen molar-refractivity contribution >= 4 is 54.3 Å². The van der Waals surface area contributed by atoms with Crippen molar-refractivity contribution < 1.29 is 0 Å². The summed E-state index contributed by atoms with van der Waals surface area (Å²) in [4.78, 5) is 10.4. The number of nitrogens with zero attached hydrogens (tertiary/aromatic N) is 3. The van der Waals surface area contributed by atoms with E-state index in [0.29, 0.717) is 5.95 Å². The predicted molar refractivity (Wildman–Crippen MR) is 154 cm³/mol. The van der Waals surface area contributed by atoms with Crippen LogP contribution in [0.15, 0.2) is 127 Å². The van der Waals surface area contributed by atoms with Crippen LogP contribution in [-0.2, 0) is 0 Å². The number of fused-ring (bicyclic) bond motifs is 7. The Morgan fingerprint density at radius 2 is 1.14 bits per heavy atom. The molecule has 0 saturated carbocycles. The third-order valence-electron chi connectivity index (χ3n) is 7.36. The molecule has 0 N–H and O–H groups in total. The van der Waals surface area contributed by atoms with Gasteiger partial charge in [0.05, 0.1) is 22.2 Å². The highest BCUT2D eigenvalue weighted by Crippen LogP contribution is 2.37. The molecule has 6 aromatic carbocycles. The third kappa shape index (κ3) is 3.01. The minimum Gasteiger partial charge on any atom is -0.278 e.